The van der Waals surface area contributed by atoms with Crippen molar-refractivity contribution < 1.29 is 9.90 Å². The number of aromatic nitrogens is 2. The summed E-state index contributed by atoms with van der Waals surface area (Å²) in [6.45, 7) is 1.78. The molecule has 6 nitrogen and oxygen atoms in total. The van der Waals surface area contributed by atoms with Gasteiger partial charge in [-0.05, 0) is 43.5 Å². The molecule has 1 aliphatic carbocycles. The van der Waals surface area contributed by atoms with Gasteiger partial charge in [-0.1, -0.05) is 0 Å². The molecular formula is C16H16N4O2. The maximum Gasteiger partial charge on any atom is 0.259 e. The molecule has 2 aromatic heterocycles. The number of nitrogens with zero attached hydrogens (tertiary/aromatic N) is 3. The molecule has 1 saturated carbocycles. The second kappa shape index (κ2) is 4.78. The van der Waals surface area contributed by atoms with Crippen molar-refractivity contribution in [3.63, 3.8) is 0 Å². The molecule has 3 heterocycles. The Hall–Kier alpha value is -2.47. The summed E-state index contributed by atoms with van der Waals surface area (Å²) in [6.07, 6.45) is 3.79. The lowest BCUT2D eigenvalue weighted by Crippen LogP contribution is -2.23. The predicted octanol–water partition coefficient (Wildman–Crippen LogP) is 2.14. The smallest absolute Gasteiger partial charge is 0.259 e. The summed E-state index contributed by atoms with van der Waals surface area (Å²) in [5.74, 6) is 1.15. The normalized spacial score (nSPS) is 16.6. The standard InChI is InChI=1S/C16H16N4O2/c1-9-7-10(8-21)18-15-13(9)19-16(22)12-3-2-6-17-14(12)20(15)11-4-5-11/h2-3,6-7,11,21H,4-5,8H2,1H3,(H,19,22). The summed E-state index contributed by atoms with van der Waals surface area (Å²) in [7, 11) is 0. The van der Waals surface area contributed by atoms with E-state index in [2.05, 4.69) is 15.3 Å². The molecule has 2 N–H and O–H groups in total. The highest BCUT2D eigenvalue weighted by Crippen LogP contribution is 2.44. The molecule has 112 valence electrons. The first kappa shape index (κ1) is 13.2. The third kappa shape index (κ3) is 1.95. The number of carbonyl (C=O) groups is 1. The molecule has 1 amide bonds. The Bertz CT molecular complexity index is 771. The first-order chi connectivity index (χ1) is 10.7. The van der Waals surface area contributed by atoms with Crippen LogP contribution in [0.1, 0.15) is 34.5 Å². The van der Waals surface area contributed by atoms with Crippen molar-refractivity contribution in [2.24, 2.45) is 0 Å². The summed E-state index contributed by atoms with van der Waals surface area (Å²) in [6, 6.07) is 5.65. The number of hydrogen-bond acceptors (Lipinski definition) is 5. The number of amides is 1. The Labute approximate surface area is 127 Å². The molecule has 0 spiro atoms. The summed E-state index contributed by atoms with van der Waals surface area (Å²) in [4.78, 5) is 23.5. The van der Waals surface area contributed by atoms with Gasteiger partial charge in [0, 0.05) is 12.2 Å². The van der Waals surface area contributed by atoms with Gasteiger partial charge in [0.2, 0.25) is 0 Å². The molecule has 0 unspecified atom stereocenters. The summed E-state index contributed by atoms with van der Waals surface area (Å²) in [5.41, 5.74) is 2.74. The van der Waals surface area contributed by atoms with Crippen LogP contribution in [0.5, 0.6) is 0 Å². The van der Waals surface area contributed by atoms with Crippen LogP contribution in [-0.2, 0) is 6.61 Å². The summed E-state index contributed by atoms with van der Waals surface area (Å²) >= 11 is 0. The van der Waals surface area contributed by atoms with Crippen molar-refractivity contribution in [1.29, 1.82) is 0 Å². The van der Waals surface area contributed by atoms with Crippen LogP contribution in [0.25, 0.3) is 0 Å². The van der Waals surface area contributed by atoms with Crippen LogP contribution in [0.15, 0.2) is 24.4 Å². The van der Waals surface area contributed by atoms with Crippen LogP contribution in [0, 0.1) is 6.92 Å². The van der Waals surface area contributed by atoms with Crippen LogP contribution in [0.3, 0.4) is 0 Å². The number of rotatable bonds is 2. The fourth-order valence-electron chi connectivity index (χ4n) is 2.86. The van der Waals surface area contributed by atoms with Crippen LogP contribution >= 0.6 is 0 Å². The van der Waals surface area contributed by atoms with Crippen molar-refractivity contribution in [2.75, 3.05) is 10.2 Å². The molecule has 0 atom stereocenters. The highest BCUT2D eigenvalue weighted by Gasteiger charge is 2.38. The van der Waals surface area contributed by atoms with E-state index in [1.807, 2.05) is 11.8 Å². The van der Waals surface area contributed by atoms with E-state index < -0.39 is 0 Å². The van der Waals surface area contributed by atoms with E-state index in [1.165, 1.54) is 0 Å². The third-order valence-corrected chi connectivity index (χ3v) is 4.05. The second-order valence-corrected chi connectivity index (χ2v) is 5.72. The number of aryl methyl sites for hydroxylation is 1. The topological polar surface area (TPSA) is 78.4 Å². The lowest BCUT2D eigenvalue weighted by atomic mass is 10.2. The van der Waals surface area contributed by atoms with E-state index in [0.717, 1.165) is 18.4 Å². The minimum absolute atomic E-state index is 0.129. The fraction of sp³-hybridized carbons (Fsp3) is 0.312. The van der Waals surface area contributed by atoms with Gasteiger partial charge in [0.1, 0.15) is 5.82 Å². The summed E-state index contributed by atoms with van der Waals surface area (Å²) in [5, 5.41) is 12.4. The molecule has 1 fully saturated rings. The molecule has 22 heavy (non-hydrogen) atoms. The van der Waals surface area contributed by atoms with Gasteiger partial charge in [-0.15, -0.1) is 0 Å². The maximum atomic E-state index is 12.5. The molecule has 2 aromatic rings. The number of carbonyl (C=O) groups excluding carboxylic acids is 1. The SMILES string of the molecule is Cc1cc(CO)nc2c1NC(=O)c1cccnc1N2C1CC1. The predicted molar refractivity (Wildman–Crippen MR) is 82.2 cm³/mol. The lowest BCUT2D eigenvalue weighted by molar-refractivity contribution is 0.102. The molecule has 1 aliphatic heterocycles. The minimum atomic E-state index is -0.172. The Morgan fingerprint density at radius 2 is 2.23 bits per heavy atom. The van der Waals surface area contributed by atoms with Crippen LogP contribution in [-0.4, -0.2) is 27.0 Å². The van der Waals surface area contributed by atoms with Gasteiger partial charge in [0.05, 0.1) is 23.6 Å². The molecule has 0 aromatic carbocycles. The fourth-order valence-corrected chi connectivity index (χ4v) is 2.86. The van der Waals surface area contributed by atoms with E-state index in [0.29, 0.717) is 34.6 Å². The minimum Gasteiger partial charge on any atom is -0.390 e. The van der Waals surface area contributed by atoms with E-state index in [9.17, 15) is 9.90 Å². The van der Waals surface area contributed by atoms with Gasteiger partial charge in [-0.3, -0.25) is 4.79 Å². The van der Waals surface area contributed by atoms with Crippen LogP contribution < -0.4 is 10.2 Å². The van der Waals surface area contributed by atoms with Gasteiger partial charge in [0.15, 0.2) is 5.82 Å². The number of hydrogen-bond donors (Lipinski definition) is 2. The van der Waals surface area contributed by atoms with Crippen molar-refractivity contribution in [3.8, 4) is 0 Å². The third-order valence-electron chi connectivity index (χ3n) is 4.05. The molecule has 2 aliphatic rings. The number of aliphatic hydroxyl groups is 1. The first-order valence-corrected chi connectivity index (χ1v) is 7.36. The Balaban J connectivity index is 1.99. The first-order valence-electron chi connectivity index (χ1n) is 7.36. The Kier molecular flexibility index (Phi) is 2.87. The molecule has 6 heteroatoms. The second-order valence-electron chi connectivity index (χ2n) is 5.72. The van der Waals surface area contributed by atoms with E-state index in [-0.39, 0.29) is 12.5 Å². The van der Waals surface area contributed by atoms with Gasteiger partial charge in [0.25, 0.3) is 5.91 Å². The number of aliphatic hydroxyl groups excluding tert-OH is 1. The molecular weight excluding hydrogens is 280 g/mol. The van der Waals surface area contributed by atoms with E-state index in [1.54, 1.807) is 24.4 Å². The number of nitrogens with one attached hydrogen (secondary N) is 1. The van der Waals surface area contributed by atoms with Crippen molar-refractivity contribution >= 4 is 23.2 Å². The average Bonchev–Trinajstić information content (AvgIpc) is 3.35. The Morgan fingerprint density at radius 1 is 1.41 bits per heavy atom. The van der Waals surface area contributed by atoms with Gasteiger partial charge in [-0.2, -0.15) is 0 Å². The van der Waals surface area contributed by atoms with Crippen molar-refractivity contribution in [3.05, 3.63) is 41.2 Å². The van der Waals surface area contributed by atoms with Gasteiger partial charge in [-0.25, -0.2) is 9.97 Å². The number of fused-ring (bicyclic) bond motifs is 2. The lowest BCUT2D eigenvalue weighted by Gasteiger charge is -2.24. The summed E-state index contributed by atoms with van der Waals surface area (Å²) < 4.78 is 0. The molecule has 0 bridgehead atoms. The zero-order chi connectivity index (χ0) is 15.3. The number of anilines is 3. The van der Waals surface area contributed by atoms with Crippen molar-refractivity contribution in [1.82, 2.24) is 9.97 Å². The van der Waals surface area contributed by atoms with E-state index >= 15 is 0 Å². The number of pyridine rings is 2. The van der Waals surface area contributed by atoms with Crippen molar-refractivity contribution in [2.45, 2.75) is 32.4 Å². The Morgan fingerprint density at radius 3 is 2.95 bits per heavy atom. The monoisotopic (exact) mass is 296 g/mol. The molecule has 4 rings (SSSR count). The van der Waals surface area contributed by atoms with Gasteiger partial charge >= 0.3 is 0 Å². The largest absolute Gasteiger partial charge is 0.390 e. The quantitative estimate of drug-likeness (QED) is 0.887. The maximum absolute atomic E-state index is 12.5. The molecule has 0 radical (unpaired) electrons. The van der Waals surface area contributed by atoms with E-state index in [4.69, 9.17) is 0 Å². The molecule has 0 saturated heterocycles. The highest BCUT2D eigenvalue weighted by molar-refractivity contribution is 6.12. The average molecular weight is 296 g/mol. The zero-order valence-electron chi connectivity index (χ0n) is 12.2. The van der Waals surface area contributed by atoms with Gasteiger partial charge < -0.3 is 15.3 Å². The van der Waals surface area contributed by atoms with Crippen LogP contribution in [0.4, 0.5) is 17.3 Å². The van der Waals surface area contributed by atoms with Crippen LogP contribution in [0.2, 0.25) is 0 Å². The highest BCUT2D eigenvalue weighted by atomic mass is 16.3. The zero-order valence-corrected chi connectivity index (χ0v) is 12.2.